The van der Waals surface area contributed by atoms with Gasteiger partial charge in [0.25, 0.3) is 0 Å². The average molecular weight is 612 g/mol. The summed E-state index contributed by atoms with van der Waals surface area (Å²) in [6.45, 7) is 5.64. The van der Waals surface area contributed by atoms with Crippen LogP contribution in [-0.2, 0) is 20.8 Å². The van der Waals surface area contributed by atoms with Crippen molar-refractivity contribution in [2.24, 2.45) is 5.73 Å². The maximum atomic E-state index is 14.6. The Labute approximate surface area is 268 Å². The molecule has 1 fully saturated rings. The second-order valence-electron chi connectivity index (χ2n) is 13.2. The number of fused-ring (bicyclic) bond motifs is 1. The maximum Gasteiger partial charge on any atom is 0.249 e. The first-order valence-corrected chi connectivity index (χ1v) is 15.8. The van der Waals surface area contributed by atoms with Crippen LogP contribution in [0.1, 0.15) is 50.3 Å². The number of nitrogens with zero attached hydrogens (tertiary/aromatic N) is 4. The molecule has 3 amide bonds. The summed E-state index contributed by atoms with van der Waals surface area (Å²) in [5.74, 6) is -0.724. The van der Waals surface area contributed by atoms with Gasteiger partial charge in [-0.05, 0) is 81.2 Å². The van der Waals surface area contributed by atoms with Crippen LogP contribution in [0.3, 0.4) is 0 Å². The molecule has 2 atom stereocenters. The van der Waals surface area contributed by atoms with Crippen molar-refractivity contribution in [3.63, 3.8) is 0 Å². The Kier molecular flexibility index (Phi) is 11.2. The number of benzene rings is 3. The SMILES string of the molecule is CN1CCC(N(C)C(=O)[C@@H](c2ccccc2)N(C)C(=O)[C@@H](Cc2ccc3ccccc3c2)N(C)C(=O)/C=C/CC(C)(C)N)CC1. The molecule has 0 spiro atoms. The van der Waals surface area contributed by atoms with Crippen LogP contribution in [0, 0.1) is 0 Å². The van der Waals surface area contributed by atoms with Crippen LogP contribution < -0.4 is 5.73 Å². The first kappa shape index (κ1) is 33.9. The highest BCUT2D eigenvalue weighted by Gasteiger charge is 2.38. The summed E-state index contributed by atoms with van der Waals surface area (Å²) in [7, 11) is 7.27. The van der Waals surface area contributed by atoms with Gasteiger partial charge in [-0.25, -0.2) is 0 Å². The lowest BCUT2D eigenvalue weighted by Gasteiger charge is -2.39. The number of hydrogen-bond acceptors (Lipinski definition) is 5. The number of piperidine rings is 1. The number of carbonyl (C=O) groups excluding carboxylic acids is 3. The number of likely N-dealkylation sites (tertiary alicyclic amines) is 1. The van der Waals surface area contributed by atoms with Crippen LogP contribution in [0.2, 0.25) is 0 Å². The summed E-state index contributed by atoms with van der Waals surface area (Å²) in [4.78, 5) is 49.4. The van der Waals surface area contributed by atoms with Crippen molar-refractivity contribution in [2.75, 3.05) is 41.3 Å². The summed E-state index contributed by atoms with van der Waals surface area (Å²) < 4.78 is 0. The highest BCUT2D eigenvalue weighted by Crippen LogP contribution is 2.27. The molecule has 2 N–H and O–H groups in total. The van der Waals surface area contributed by atoms with E-state index in [2.05, 4.69) is 18.0 Å². The number of carbonyl (C=O) groups is 3. The Morgan fingerprint density at radius 1 is 0.889 bits per heavy atom. The van der Waals surface area contributed by atoms with Crippen molar-refractivity contribution < 1.29 is 14.4 Å². The molecule has 3 aromatic rings. The molecule has 8 heteroatoms. The topological polar surface area (TPSA) is 90.2 Å². The minimum atomic E-state index is -0.841. The average Bonchev–Trinajstić information content (AvgIpc) is 3.02. The molecular formula is C37H49N5O3. The fourth-order valence-corrected chi connectivity index (χ4v) is 6.00. The standard InChI is InChI=1S/C37H49N5O3/c1-37(2,38)22-12-17-33(43)41(5)32(26-27-18-19-28-13-10-11-16-30(28)25-27)35(44)42(6)34(29-14-8-7-9-15-29)36(45)40(4)31-20-23-39(3)24-21-31/h7-19,25,31-32,34H,20-24,26,38H2,1-6H3/b17-12+/t32-,34-/m1/s1. The molecule has 0 unspecified atom stereocenters. The molecular weight excluding hydrogens is 562 g/mol. The van der Waals surface area contributed by atoms with Gasteiger partial charge in [-0.2, -0.15) is 0 Å². The smallest absolute Gasteiger partial charge is 0.249 e. The van der Waals surface area contributed by atoms with Gasteiger partial charge in [0.05, 0.1) is 0 Å². The predicted octanol–water partition coefficient (Wildman–Crippen LogP) is 4.65. The molecule has 0 aromatic heterocycles. The van der Waals surface area contributed by atoms with Gasteiger partial charge in [0.1, 0.15) is 12.1 Å². The van der Waals surface area contributed by atoms with E-state index in [1.807, 2.05) is 92.5 Å². The molecule has 45 heavy (non-hydrogen) atoms. The van der Waals surface area contributed by atoms with Crippen LogP contribution in [0.15, 0.2) is 84.9 Å². The van der Waals surface area contributed by atoms with Gasteiger partial charge >= 0.3 is 0 Å². The minimum Gasteiger partial charge on any atom is -0.341 e. The van der Waals surface area contributed by atoms with E-state index in [-0.39, 0.29) is 23.8 Å². The maximum absolute atomic E-state index is 14.6. The van der Waals surface area contributed by atoms with E-state index in [1.165, 1.54) is 15.9 Å². The van der Waals surface area contributed by atoms with E-state index < -0.39 is 17.6 Å². The van der Waals surface area contributed by atoms with E-state index in [0.717, 1.165) is 47.8 Å². The quantitative estimate of drug-likeness (QED) is 0.319. The monoisotopic (exact) mass is 611 g/mol. The molecule has 0 saturated carbocycles. The molecule has 1 aliphatic rings. The number of amides is 3. The first-order valence-electron chi connectivity index (χ1n) is 15.8. The Morgan fingerprint density at radius 3 is 2.16 bits per heavy atom. The summed E-state index contributed by atoms with van der Waals surface area (Å²) in [5.41, 5.74) is 7.33. The van der Waals surface area contributed by atoms with Crippen LogP contribution >= 0.6 is 0 Å². The third kappa shape index (κ3) is 8.80. The zero-order valence-corrected chi connectivity index (χ0v) is 27.6. The van der Waals surface area contributed by atoms with Crippen molar-refractivity contribution in [3.05, 3.63) is 96.1 Å². The lowest BCUT2D eigenvalue weighted by molar-refractivity contribution is -0.150. The van der Waals surface area contributed by atoms with Crippen molar-refractivity contribution >= 4 is 28.5 Å². The van der Waals surface area contributed by atoms with Crippen molar-refractivity contribution in [1.82, 2.24) is 19.6 Å². The van der Waals surface area contributed by atoms with Gasteiger partial charge in [0.2, 0.25) is 17.7 Å². The highest BCUT2D eigenvalue weighted by atomic mass is 16.2. The fourth-order valence-electron chi connectivity index (χ4n) is 6.00. The zero-order chi connectivity index (χ0) is 32.7. The Hall–Kier alpha value is -4.01. The van der Waals surface area contributed by atoms with Crippen molar-refractivity contribution in [3.8, 4) is 0 Å². The highest BCUT2D eigenvalue weighted by molar-refractivity contribution is 5.95. The Morgan fingerprint density at radius 2 is 1.51 bits per heavy atom. The van der Waals surface area contributed by atoms with Crippen LogP contribution in [0.4, 0.5) is 0 Å². The van der Waals surface area contributed by atoms with Crippen LogP contribution in [0.5, 0.6) is 0 Å². The number of nitrogens with two attached hydrogens (primary N) is 1. The third-order valence-corrected chi connectivity index (χ3v) is 8.92. The van der Waals surface area contributed by atoms with E-state index >= 15 is 0 Å². The molecule has 8 nitrogen and oxygen atoms in total. The molecule has 0 radical (unpaired) electrons. The van der Waals surface area contributed by atoms with Gasteiger partial charge in [-0.15, -0.1) is 0 Å². The number of hydrogen-bond donors (Lipinski definition) is 1. The molecule has 0 aliphatic carbocycles. The van der Waals surface area contributed by atoms with E-state index in [0.29, 0.717) is 12.8 Å². The number of rotatable bonds is 11. The lowest BCUT2D eigenvalue weighted by Crippen LogP contribution is -2.53. The predicted molar refractivity (Wildman–Crippen MR) is 181 cm³/mol. The first-order chi connectivity index (χ1) is 21.4. The Bertz CT molecular complexity index is 1490. The molecule has 240 valence electrons. The third-order valence-electron chi connectivity index (χ3n) is 8.92. The van der Waals surface area contributed by atoms with Crippen LogP contribution in [-0.4, -0.2) is 96.2 Å². The summed E-state index contributed by atoms with van der Waals surface area (Å²) in [6, 6.07) is 22.0. The summed E-state index contributed by atoms with van der Waals surface area (Å²) >= 11 is 0. The number of likely N-dealkylation sites (N-methyl/N-ethyl adjacent to an activating group) is 3. The van der Waals surface area contributed by atoms with Crippen molar-refractivity contribution in [2.45, 2.75) is 63.2 Å². The normalized spacial score (nSPS) is 16.0. The Balaban J connectivity index is 1.67. The second-order valence-corrected chi connectivity index (χ2v) is 13.2. The summed E-state index contributed by atoms with van der Waals surface area (Å²) in [6.07, 6.45) is 5.82. The molecule has 1 aliphatic heterocycles. The van der Waals surface area contributed by atoms with E-state index in [1.54, 1.807) is 20.2 Å². The molecule has 4 rings (SSSR count). The molecule has 0 bridgehead atoms. The molecule has 1 saturated heterocycles. The van der Waals surface area contributed by atoms with Gasteiger partial charge in [0.15, 0.2) is 0 Å². The largest absolute Gasteiger partial charge is 0.341 e. The van der Waals surface area contributed by atoms with Gasteiger partial charge in [-0.3, -0.25) is 14.4 Å². The van der Waals surface area contributed by atoms with Gasteiger partial charge in [0, 0.05) is 39.1 Å². The van der Waals surface area contributed by atoms with Crippen molar-refractivity contribution in [1.29, 1.82) is 0 Å². The summed E-state index contributed by atoms with van der Waals surface area (Å²) in [5, 5.41) is 2.16. The van der Waals surface area contributed by atoms with E-state index in [4.69, 9.17) is 5.73 Å². The minimum absolute atomic E-state index is 0.0954. The second kappa shape index (κ2) is 14.8. The molecule has 3 aromatic carbocycles. The fraction of sp³-hybridized carbons (Fsp3) is 0.432. The van der Waals surface area contributed by atoms with Crippen LogP contribution in [0.25, 0.3) is 10.8 Å². The molecule has 1 heterocycles. The van der Waals surface area contributed by atoms with Gasteiger partial charge in [-0.1, -0.05) is 78.9 Å². The van der Waals surface area contributed by atoms with E-state index in [9.17, 15) is 14.4 Å². The van der Waals surface area contributed by atoms with Gasteiger partial charge < -0.3 is 25.3 Å². The lowest BCUT2D eigenvalue weighted by atomic mass is 9.97. The zero-order valence-electron chi connectivity index (χ0n) is 27.6.